The van der Waals surface area contributed by atoms with E-state index in [1.807, 2.05) is 18.2 Å². The molecule has 2 rings (SSSR count). The third-order valence-electron chi connectivity index (χ3n) is 3.14. The van der Waals surface area contributed by atoms with Gasteiger partial charge in [-0.3, -0.25) is 0 Å². The Balaban J connectivity index is 2.05. The molecule has 1 atom stereocenters. The van der Waals surface area contributed by atoms with Crippen molar-refractivity contribution >= 4 is 11.8 Å². The summed E-state index contributed by atoms with van der Waals surface area (Å²) in [6, 6.07) is 14.5. The first-order valence-electron chi connectivity index (χ1n) is 6.39. The molecule has 2 aromatic carbocycles. The Labute approximate surface area is 126 Å². The van der Waals surface area contributed by atoms with Crippen LogP contribution < -0.4 is 5.73 Å². The molecule has 0 spiro atoms. The molecule has 0 radical (unpaired) electrons. The zero-order valence-corrected chi connectivity index (χ0v) is 12.0. The number of hydrogen-bond acceptors (Lipinski definition) is 3. The first kappa shape index (κ1) is 15.5. The average Bonchev–Trinajstić information content (AvgIpc) is 2.51. The molecule has 2 aromatic rings. The standard InChI is InChI=1S/C16H14F2N2S/c17-13-6-7-14(18)15(10-13)21-9-8-16(20,11-19)12-4-2-1-3-5-12/h1-7,10H,8-9,20H2. The summed E-state index contributed by atoms with van der Waals surface area (Å²) in [5, 5.41) is 9.32. The minimum atomic E-state index is -1.13. The van der Waals surface area contributed by atoms with Crippen molar-refractivity contribution in [3.63, 3.8) is 0 Å². The molecule has 21 heavy (non-hydrogen) atoms. The van der Waals surface area contributed by atoms with E-state index in [2.05, 4.69) is 6.07 Å². The summed E-state index contributed by atoms with van der Waals surface area (Å²) in [4.78, 5) is 0.225. The van der Waals surface area contributed by atoms with E-state index in [0.717, 1.165) is 30.0 Å². The normalized spacial score (nSPS) is 13.4. The van der Waals surface area contributed by atoms with Crippen molar-refractivity contribution in [2.75, 3.05) is 5.75 Å². The molecule has 0 saturated carbocycles. The van der Waals surface area contributed by atoms with Gasteiger partial charge in [0.2, 0.25) is 0 Å². The number of halogens is 2. The van der Waals surface area contributed by atoms with Crippen LogP contribution >= 0.6 is 11.8 Å². The Morgan fingerprint density at radius 3 is 2.52 bits per heavy atom. The fourth-order valence-electron chi connectivity index (χ4n) is 1.91. The van der Waals surface area contributed by atoms with Crippen LogP contribution in [0.2, 0.25) is 0 Å². The van der Waals surface area contributed by atoms with E-state index >= 15 is 0 Å². The molecule has 0 saturated heterocycles. The fourth-order valence-corrected chi connectivity index (χ4v) is 2.96. The van der Waals surface area contributed by atoms with Crippen LogP contribution in [0.5, 0.6) is 0 Å². The summed E-state index contributed by atoms with van der Waals surface area (Å²) in [5.41, 5.74) is 5.70. The number of benzene rings is 2. The van der Waals surface area contributed by atoms with Gasteiger partial charge in [-0.05, 0) is 30.2 Å². The Morgan fingerprint density at radius 2 is 1.86 bits per heavy atom. The molecule has 0 bridgehead atoms. The van der Waals surface area contributed by atoms with Gasteiger partial charge in [0.15, 0.2) is 0 Å². The van der Waals surface area contributed by atoms with Gasteiger partial charge in [0.25, 0.3) is 0 Å². The molecule has 2 N–H and O–H groups in total. The maximum atomic E-state index is 13.5. The van der Waals surface area contributed by atoms with Gasteiger partial charge in [-0.25, -0.2) is 8.78 Å². The molecule has 0 aliphatic rings. The lowest BCUT2D eigenvalue weighted by molar-refractivity contribution is 0.558. The second kappa shape index (κ2) is 6.70. The third-order valence-corrected chi connectivity index (χ3v) is 4.17. The van der Waals surface area contributed by atoms with Crippen molar-refractivity contribution in [3.05, 3.63) is 65.7 Å². The van der Waals surface area contributed by atoms with Crippen LogP contribution in [0.25, 0.3) is 0 Å². The van der Waals surface area contributed by atoms with Crippen LogP contribution in [0.3, 0.4) is 0 Å². The summed E-state index contributed by atoms with van der Waals surface area (Å²) in [6.45, 7) is 0. The summed E-state index contributed by atoms with van der Waals surface area (Å²) >= 11 is 1.15. The van der Waals surface area contributed by atoms with Gasteiger partial charge < -0.3 is 5.73 Å². The van der Waals surface area contributed by atoms with Crippen LogP contribution in [0.15, 0.2) is 53.4 Å². The SMILES string of the molecule is N#CC(N)(CCSc1cc(F)ccc1F)c1ccccc1. The second-order valence-electron chi connectivity index (χ2n) is 4.62. The summed E-state index contributed by atoms with van der Waals surface area (Å²) in [6.07, 6.45) is 0.341. The third kappa shape index (κ3) is 3.81. The van der Waals surface area contributed by atoms with Gasteiger partial charge in [-0.1, -0.05) is 30.3 Å². The topological polar surface area (TPSA) is 49.8 Å². The lowest BCUT2D eigenvalue weighted by Crippen LogP contribution is -2.35. The maximum Gasteiger partial charge on any atom is 0.136 e. The molecule has 0 heterocycles. The van der Waals surface area contributed by atoms with Gasteiger partial charge in [0, 0.05) is 10.6 Å². The average molecular weight is 304 g/mol. The van der Waals surface area contributed by atoms with Gasteiger partial charge in [-0.2, -0.15) is 5.26 Å². The highest BCUT2D eigenvalue weighted by atomic mass is 32.2. The minimum Gasteiger partial charge on any atom is -0.310 e. The Bertz CT molecular complexity index is 655. The number of hydrogen-bond donors (Lipinski definition) is 1. The molecule has 5 heteroatoms. The number of nitrogens with two attached hydrogens (primary N) is 1. The van der Waals surface area contributed by atoms with Crippen LogP contribution in [0.1, 0.15) is 12.0 Å². The lowest BCUT2D eigenvalue weighted by Gasteiger charge is -2.21. The van der Waals surface area contributed by atoms with Crippen molar-refractivity contribution in [2.24, 2.45) is 5.73 Å². The van der Waals surface area contributed by atoms with Gasteiger partial charge >= 0.3 is 0 Å². The predicted molar refractivity (Wildman–Crippen MR) is 79.6 cm³/mol. The molecule has 0 amide bonds. The first-order chi connectivity index (χ1) is 10.0. The zero-order valence-electron chi connectivity index (χ0n) is 11.2. The van der Waals surface area contributed by atoms with E-state index in [9.17, 15) is 14.0 Å². The lowest BCUT2D eigenvalue weighted by atomic mass is 9.90. The van der Waals surface area contributed by atoms with Crippen LogP contribution in [0.4, 0.5) is 8.78 Å². The number of nitriles is 1. The van der Waals surface area contributed by atoms with Gasteiger partial charge in [0.1, 0.15) is 17.2 Å². The van der Waals surface area contributed by atoms with E-state index in [1.54, 1.807) is 12.1 Å². The molecule has 0 fully saturated rings. The molecule has 0 aliphatic carbocycles. The maximum absolute atomic E-state index is 13.5. The molecule has 2 nitrogen and oxygen atoms in total. The van der Waals surface area contributed by atoms with Crippen molar-refractivity contribution in [1.82, 2.24) is 0 Å². The summed E-state index contributed by atoms with van der Waals surface area (Å²) in [5.74, 6) is -0.541. The molecular weight excluding hydrogens is 290 g/mol. The first-order valence-corrected chi connectivity index (χ1v) is 7.37. The largest absolute Gasteiger partial charge is 0.310 e. The molecule has 0 aromatic heterocycles. The zero-order chi connectivity index (χ0) is 15.3. The van der Waals surface area contributed by atoms with E-state index < -0.39 is 17.2 Å². The summed E-state index contributed by atoms with van der Waals surface area (Å²) in [7, 11) is 0. The Hall–Kier alpha value is -1.90. The van der Waals surface area contributed by atoms with E-state index in [4.69, 9.17) is 5.73 Å². The van der Waals surface area contributed by atoms with Crippen LogP contribution in [-0.4, -0.2) is 5.75 Å². The van der Waals surface area contributed by atoms with Crippen molar-refractivity contribution in [1.29, 1.82) is 5.26 Å². The van der Waals surface area contributed by atoms with Crippen molar-refractivity contribution in [2.45, 2.75) is 16.9 Å². The highest BCUT2D eigenvalue weighted by Gasteiger charge is 2.26. The fraction of sp³-hybridized carbons (Fsp3) is 0.188. The van der Waals surface area contributed by atoms with E-state index in [-0.39, 0.29) is 4.90 Å². The Morgan fingerprint density at radius 1 is 1.14 bits per heavy atom. The van der Waals surface area contributed by atoms with E-state index in [1.165, 1.54) is 0 Å². The van der Waals surface area contributed by atoms with Gasteiger partial charge in [0.05, 0.1) is 6.07 Å². The van der Waals surface area contributed by atoms with Gasteiger partial charge in [-0.15, -0.1) is 11.8 Å². The molecule has 108 valence electrons. The highest BCUT2D eigenvalue weighted by molar-refractivity contribution is 7.99. The molecule has 0 aliphatic heterocycles. The Kier molecular flexibility index (Phi) is 4.94. The monoisotopic (exact) mass is 304 g/mol. The second-order valence-corrected chi connectivity index (χ2v) is 5.76. The molecular formula is C16H14F2N2S. The number of thioether (sulfide) groups is 1. The van der Waals surface area contributed by atoms with E-state index in [0.29, 0.717) is 17.7 Å². The quantitative estimate of drug-likeness (QED) is 0.854. The van der Waals surface area contributed by atoms with Crippen molar-refractivity contribution in [3.8, 4) is 6.07 Å². The smallest absolute Gasteiger partial charge is 0.136 e. The minimum absolute atomic E-state index is 0.225. The van der Waals surface area contributed by atoms with Crippen molar-refractivity contribution < 1.29 is 8.78 Å². The predicted octanol–water partition coefficient (Wildman–Crippen LogP) is 3.82. The van der Waals surface area contributed by atoms with Crippen LogP contribution in [-0.2, 0) is 5.54 Å². The molecule has 1 unspecified atom stereocenters. The number of nitrogens with zero attached hydrogens (tertiary/aromatic N) is 1. The van der Waals surface area contributed by atoms with Crippen LogP contribution in [0, 0.1) is 23.0 Å². The summed E-state index contributed by atoms with van der Waals surface area (Å²) < 4.78 is 26.6. The number of rotatable bonds is 5. The highest BCUT2D eigenvalue weighted by Crippen LogP contribution is 2.28.